The van der Waals surface area contributed by atoms with Crippen LogP contribution in [0.25, 0.3) is 0 Å². The number of nitrogens with one attached hydrogen (secondary N) is 2. The quantitative estimate of drug-likeness (QED) is 0.313. The molecule has 0 aliphatic rings. The zero-order valence-electron chi connectivity index (χ0n) is 18.0. The minimum absolute atomic E-state index is 0.0614. The van der Waals surface area contributed by atoms with Crippen molar-refractivity contribution in [2.24, 2.45) is 0 Å². The number of aldehydes is 1. The van der Waals surface area contributed by atoms with Crippen LogP contribution >= 0.6 is 11.6 Å². The summed E-state index contributed by atoms with van der Waals surface area (Å²) in [5.41, 5.74) is -2.70. The van der Waals surface area contributed by atoms with Gasteiger partial charge < -0.3 is 20.5 Å². The maximum absolute atomic E-state index is 14.5. The molecule has 11 heteroatoms. The van der Waals surface area contributed by atoms with E-state index in [2.05, 4.69) is 15.6 Å². The number of hydrogen-bond donors (Lipinski definition) is 3. The monoisotopic (exact) mass is 509 g/mol. The van der Waals surface area contributed by atoms with E-state index in [1.807, 2.05) is 0 Å². The van der Waals surface area contributed by atoms with Gasteiger partial charge in [-0.25, -0.2) is 9.18 Å². The van der Waals surface area contributed by atoms with Crippen LogP contribution in [0.15, 0.2) is 66.9 Å². The van der Waals surface area contributed by atoms with Gasteiger partial charge in [0.25, 0.3) is 0 Å². The van der Waals surface area contributed by atoms with E-state index in [0.717, 1.165) is 12.1 Å². The molecule has 3 N–H and O–H groups in total. The fourth-order valence-corrected chi connectivity index (χ4v) is 3.68. The van der Waals surface area contributed by atoms with Crippen molar-refractivity contribution in [3.63, 3.8) is 0 Å². The lowest BCUT2D eigenvalue weighted by molar-refractivity contribution is -0.137. The molecule has 0 aliphatic carbocycles. The number of rotatable bonds is 8. The highest BCUT2D eigenvalue weighted by Crippen LogP contribution is 2.37. The minimum atomic E-state index is -4.87. The van der Waals surface area contributed by atoms with Gasteiger partial charge in [-0.3, -0.25) is 4.98 Å². The van der Waals surface area contributed by atoms with Crippen molar-refractivity contribution in [3.05, 3.63) is 100 Å². The number of hydrogen-bond acceptors (Lipinski definition) is 4. The number of alkyl halides is 3. The summed E-state index contributed by atoms with van der Waals surface area (Å²) in [6, 6.07) is 11.0. The maximum Gasteiger partial charge on any atom is 0.416 e. The second-order valence-electron chi connectivity index (χ2n) is 7.68. The van der Waals surface area contributed by atoms with Gasteiger partial charge in [0.1, 0.15) is 23.7 Å². The summed E-state index contributed by atoms with van der Waals surface area (Å²) in [5, 5.41) is 14.3. The third-order valence-corrected chi connectivity index (χ3v) is 5.42. The summed E-state index contributed by atoms with van der Waals surface area (Å²) in [7, 11) is 0. The summed E-state index contributed by atoms with van der Waals surface area (Å²) in [4.78, 5) is 28.2. The SMILES string of the molecule is O=C[C@@H](CO)NC(=O)N[C@@](Cc1ccccc1)(c1cc(F)cc(C(F)(F)F)c1)c1ccc(Cl)cn1. The largest absolute Gasteiger partial charge is 0.416 e. The van der Waals surface area contributed by atoms with E-state index >= 15 is 0 Å². The molecule has 2 aromatic carbocycles. The topological polar surface area (TPSA) is 91.3 Å². The number of aromatic nitrogens is 1. The van der Waals surface area contributed by atoms with Crippen LogP contribution in [-0.2, 0) is 22.9 Å². The van der Waals surface area contributed by atoms with Gasteiger partial charge >= 0.3 is 12.2 Å². The van der Waals surface area contributed by atoms with E-state index in [1.54, 1.807) is 30.3 Å². The van der Waals surface area contributed by atoms with Crippen molar-refractivity contribution in [2.75, 3.05) is 6.61 Å². The number of benzene rings is 2. The van der Waals surface area contributed by atoms with Crippen LogP contribution < -0.4 is 10.6 Å². The molecule has 35 heavy (non-hydrogen) atoms. The van der Waals surface area contributed by atoms with Crippen LogP contribution in [-0.4, -0.2) is 35.1 Å². The zero-order valence-corrected chi connectivity index (χ0v) is 18.8. The number of carbonyl (C=O) groups is 2. The van der Waals surface area contributed by atoms with Gasteiger partial charge in [-0.15, -0.1) is 0 Å². The van der Waals surface area contributed by atoms with Crippen molar-refractivity contribution in [2.45, 2.75) is 24.2 Å². The number of amides is 2. The Morgan fingerprint density at radius 1 is 1.09 bits per heavy atom. The first-order valence-electron chi connectivity index (χ1n) is 10.3. The Kier molecular flexibility index (Phi) is 8.08. The van der Waals surface area contributed by atoms with Crippen LogP contribution in [0.4, 0.5) is 22.4 Å². The van der Waals surface area contributed by atoms with Gasteiger partial charge in [-0.05, 0) is 41.5 Å². The number of aliphatic hydroxyl groups excluding tert-OH is 1. The Labute approximate surface area is 203 Å². The van der Waals surface area contributed by atoms with E-state index in [0.29, 0.717) is 17.9 Å². The second-order valence-corrected chi connectivity index (χ2v) is 8.12. The summed E-state index contributed by atoms with van der Waals surface area (Å²) in [5.74, 6) is -1.18. The first-order valence-corrected chi connectivity index (χ1v) is 10.6. The normalized spacial score (nSPS) is 14.0. The summed E-state index contributed by atoms with van der Waals surface area (Å²) in [6.45, 7) is -0.708. The van der Waals surface area contributed by atoms with E-state index in [1.165, 1.54) is 18.3 Å². The van der Waals surface area contributed by atoms with Crippen LogP contribution in [0.1, 0.15) is 22.4 Å². The van der Waals surface area contributed by atoms with Crippen LogP contribution in [0.2, 0.25) is 5.02 Å². The van der Waals surface area contributed by atoms with Crippen molar-refractivity contribution in [1.82, 2.24) is 15.6 Å². The van der Waals surface area contributed by atoms with Gasteiger partial charge in [0.05, 0.1) is 22.9 Å². The first kappa shape index (κ1) is 26.1. The van der Waals surface area contributed by atoms with E-state index in [-0.39, 0.29) is 22.7 Å². The van der Waals surface area contributed by atoms with Gasteiger partial charge in [-0.2, -0.15) is 13.2 Å². The molecule has 0 spiro atoms. The molecule has 1 aromatic heterocycles. The van der Waals surface area contributed by atoms with E-state index in [4.69, 9.17) is 11.6 Å². The molecule has 0 bridgehead atoms. The molecule has 0 radical (unpaired) electrons. The Bertz CT molecular complexity index is 1180. The van der Waals surface area contributed by atoms with Crippen LogP contribution in [0.5, 0.6) is 0 Å². The Morgan fingerprint density at radius 3 is 2.34 bits per heavy atom. The molecule has 6 nitrogen and oxygen atoms in total. The second kappa shape index (κ2) is 10.8. The molecule has 1 heterocycles. The Hall–Kier alpha value is -3.50. The average molecular weight is 510 g/mol. The number of nitrogens with zero attached hydrogens (tertiary/aromatic N) is 1. The van der Waals surface area contributed by atoms with Crippen molar-refractivity contribution >= 4 is 23.9 Å². The molecule has 3 rings (SSSR count). The molecule has 0 saturated carbocycles. The number of halogens is 5. The molecule has 0 aliphatic heterocycles. The molecule has 184 valence electrons. The molecule has 0 unspecified atom stereocenters. The summed E-state index contributed by atoms with van der Waals surface area (Å²) < 4.78 is 55.2. The lowest BCUT2D eigenvalue weighted by atomic mass is 9.79. The van der Waals surface area contributed by atoms with Gasteiger partial charge in [0.2, 0.25) is 0 Å². The fourth-order valence-electron chi connectivity index (χ4n) is 3.57. The molecule has 0 saturated heterocycles. The maximum atomic E-state index is 14.5. The number of urea groups is 1. The predicted octanol–water partition coefficient (Wildman–Crippen LogP) is 4.24. The lowest BCUT2D eigenvalue weighted by Crippen LogP contribution is -2.55. The molecular weight excluding hydrogens is 490 g/mol. The Balaban J connectivity index is 2.27. The van der Waals surface area contributed by atoms with Gasteiger partial charge in [0.15, 0.2) is 0 Å². The smallest absolute Gasteiger partial charge is 0.394 e. The summed E-state index contributed by atoms with van der Waals surface area (Å²) in [6.07, 6.45) is -3.48. The molecule has 0 fully saturated rings. The van der Waals surface area contributed by atoms with Crippen molar-refractivity contribution in [1.29, 1.82) is 0 Å². The molecular formula is C24H20ClF4N3O3. The highest BCUT2D eigenvalue weighted by molar-refractivity contribution is 6.30. The standard InChI is InChI=1S/C24H20ClF4N3O3/c25-18-6-7-21(30-12-18)23(11-15-4-2-1-3-5-15,32-22(35)31-20(13-33)14-34)16-8-17(24(27,28)29)10-19(26)9-16/h1-10,12-13,20,34H,11,14H2,(H2,31,32,35)/t20-,23-/m0/s1. The third-order valence-electron chi connectivity index (χ3n) is 5.20. The Morgan fingerprint density at radius 2 is 1.77 bits per heavy atom. The van der Waals surface area contributed by atoms with Crippen LogP contribution in [0, 0.1) is 5.82 Å². The highest BCUT2D eigenvalue weighted by atomic mass is 35.5. The molecule has 2 atom stereocenters. The predicted molar refractivity (Wildman–Crippen MR) is 120 cm³/mol. The average Bonchev–Trinajstić information content (AvgIpc) is 2.82. The summed E-state index contributed by atoms with van der Waals surface area (Å²) >= 11 is 5.95. The lowest BCUT2D eigenvalue weighted by Gasteiger charge is -2.36. The third kappa shape index (κ3) is 6.34. The number of pyridine rings is 1. The van der Waals surface area contributed by atoms with Crippen LogP contribution in [0.3, 0.4) is 0 Å². The van der Waals surface area contributed by atoms with Crippen molar-refractivity contribution < 1.29 is 32.3 Å². The molecule has 2 amide bonds. The minimum Gasteiger partial charge on any atom is -0.394 e. The fraction of sp³-hybridized carbons (Fsp3) is 0.208. The molecule has 3 aromatic rings. The van der Waals surface area contributed by atoms with E-state index < -0.39 is 41.8 Å². The highest BCUT2D eigenvalue weighted by Gasteiger charge is 2.41. The van der Waals surface area contributed by atoms with Crippen molar-refractivity contribution in [3.8, 4) is 0 Å². The van der Waals surface area contributed by atoms with Gasteiger partial charge in [0, 0.05) is 12.6 Å². The number of aliphatic hydroxyl groups is 1. The van der Waals surface area contributed by atoms with E-state index in [9.17, 15) is 32.3 Å². The first-order chi connectivity index (χ1) is 16.6. The zero-order chi connectivity index (χ0) is 25.6. The van der Waals surface area contributed by atoms with Gasteiger partial charge in [-0.1, -0.05) is 41.9 Å². The number of carbonyl (C=O) groups excluding carboxylic acids is 2.